The molecular weight excluding hydrogens is 304 g/mol. The molecule has 0 bridgehead atoms. The molecule has 0 aromatic heterocycles. The van der Waals surface area contributed by atoms with Gasteiger partial charge >= 0.3 is 0 Å². The Morgan fingerprint density at radius 2 is 1.88 bits per heavy atom. The number of amides is 1. The number of hydrogen-bond acceptors (Lipinski definition) is 3. The summed E-state index contributed by atoms with van der Waals surface area (Å²) in [6.07, 6.45) is 0.280. The molecule has 0 spiro atoms. The summed E-state index contributed by atoms with van der Waals surface area (Å²) in [6, 6.07) is 18.4. The van der Waals surface area contributed by atoms with Gasteiger partial charge in [0.1, 0.15) is 0 Å². The molecule has 1 aliphatic heterocycles. The van der Waals surface area contributed by atoms with Gasteiger partial charge in [-0.05, 0) is 28.0 Å². The Morgan fingerprint density at radius 1 is 1.04 bits per heavy atom. The molecule has 1 N–H and O–H groups in total. The van der Waals surface area contributed by atoms with Crippen molar-refractivity contribution in [3.05, 3.63) is 81.9 Å². The minimum absolute atomic E-state index is 0.0419. The first-order valence-corrected chi connectivity index (χ1v) is 7.69. The lowest BCUT2D eigenvalue weighted by Crippen LogP contribution is -2.23. The topological polar surface area (TPSA) is 72.2 Å². The lowest BCUT2D eigenvalue weighted by Gasteiger charge is -2.27. The third-order valence-electron chi connectivity index (χ3n) is 4.47. The van der Waals surface area contributed by atoms with Crippen LogP contribution in [0.2, 0.25) is 0 Å². The Kier molecular flexibility index (Phi) is 3.27. The van der Waals surface area contributed by atoms with E-state index in [0.29, 0.717) is 0 Å². The maximum Gasteiger partial charge on any atom is 0.269 e. The van der Waals surface area contributed by atoms with Gasteiger partial charge in [-0.2, -0.15) is 0 Å². The molecule has 5 nitrogen and oxygen atoms in total. The fourth-order valence-electron chi connectivity index (χ4n) is 3.41. The third-order valence-corrected chi connectivity index (χ3v) is 4.47. The molecule has 1 atom stereocenters. The van der Waals surface area contributed by atoms with E-state index in [1.807, 2.05) is 42.5 Å². The van der Waals surface area contributed by atoms with Crippen LogP contribution in [-0.2, 0) is 4.79 Å². The van der Waals surface area contributed by atoms with Gasteiger partial charge in [0.15, 0.2) is 0 Å². The molecule has 3 aromatic rings. The zero-order valence-electron chi connectivity index (χ0n) is 12.7. The molecule has 1 aliphatic rings. The van der Waals surface area contributed by atoms with Gasteiger partial charge in [0.05, 0.1) is 4.92 Å². The number of carbonyl (C=O) groups is 1. The number of anilines is 1. The van der Waals surface area contributed by atoms with Crippen LogP contribution in [0.5, 0.6) is 0 Å². The van der Waals surface area contributed by atoms with Crippen LogP contribution < -0.4 is 5.32 Å². The smallest absolute Gasteiger partial charge is 0.269 e. The quantitative estimate of drug-likeness (QED) is 0.568. The highest BCUT2D eigenvalue weighted by molar-refractivity contribution is 6.01. The Morgan fingerprint density at radius 3 is 2.71 bits per heavy atom. The van der Waals surface area contributed by atoms with Crippen LogP contribution in [0, 0.1) is 10.1 Å². The molecule has 0 fully saturated rings. The Bertz CT molecular complexity index is 981. The number of carbonyl (C=O) groups excluding carboxylic acids is 1. The van der Waals surface area contributed by atoms with Crippen LogP contribution in [0.25, 0.3) is 10.8 Å². The summed E-state index contributed by atoms with van der Waals surface area (Å²) in [4.78, 5) is 22.8. The fourth-order valence-corrected chi connectivity index (χ4v) is 3.41. The molecule has 24 heavy (non-hydrogen) atoms. The van der Waals surface area contributed by atoms with Crippen LogP contribution in [0.3, 0.4) is 0 Å². The van der Waals surface area contributed by atoms with Gasteiger partial charge in [-0.3, -0.25) is 14.9 Å². The summed E-state index contributed by atoms with van der Waals surface area (Å²) in [5.74, 6) is -0.269. The van der Waals surface area contributed by atoms with E-state index in [1.165, 1.54) is 6.07 Å². The van der Waals surface area contributed by atoms with Crippen LogP contribution in [0.15, 0.2) is 60.7 Å². The third kappa shape index (κ3) is 2.31. The molecule has 0 saturated carbocycles. The molecular formula is C19H14N2O3. The summed E-state index contributed by atoms with van der Waals surface area (Å²) in [5.41, 5.74) is 2.63. The summed E-state index contributed by atoms with van der Waals surface area (Å²) < 4.78 is 0. The van der Waals surface area contributed by atoms with E-state index in [9.17, 15) is 14.9 Å². The van der Waals surface area contributed by atoms with E-state index in [4.69, 9.17) is 0 Å². The molecule has 4 rings (SSSR count). The van der Waals surface area contributed by atoms with E-state index < -0.39 is 4.92 Å². The van der Waals surface area contributed by atoms with Gasteiger partial charge in [0.2, 0.25) is 5.91 Å². The number of benzene rings is 3. The van der Waals surface area contributed by atoms with E-state index in [0.717, 1.165) is 27.6 Å². The lowest BCUT2D eigenvalue weighted by atomic mass is 9.82. The molecule has 0 saturated heterocycles. The summed E-state index contributed by atoms with van der Waals surface area (Å²) in [6.45, 7) is 0. The number of nitrogens with zero attached hydrogens (tertiary/aromatic N) is 1. The van der Waals surface area contributed by atoms with Crippen molar-refractivity contribution in [3.63, 3.8) is 0 Å². The van der Waals surface area contributed by atoms with Gasteiger partial charge in [-0.1, -0.05) is 42.5 Å². The lowest BCUT2D eigenvalue weighted by molar-refractivity contribution is -0.384. The first kappa shape index (κ1) is 14.4. The van der Waals surface area contributed by atoms with Crippen molar-refractivity contribution in [1.82, 2.24) is 0 Å². The number of nitro benzene ring substituents is 1. The average molecular weight is 318 g/mol. The van der Waals surface area contributed by atoms with Crippen LogP contribution in [0.4, 0.5) is 11.4 Å². The predicted octanol–water partition coefficient (Wildman–Crippen LogP) is 4.22. The zero-order valence-corrected chi connectivity index (χ0v) is 12.7. The second-order valence-corrected chi connectivity index (χ2v) is 5.90. The molecule has 0 radical (unpaired) electrons. The number of non-ortho nitro benzene ring substituents is 1. The Balaban J connectivity index is 1.95. The SMILES string of the molecule is O=C1C[C@H](c2cccc([N+](=O)[O-])c2)c2c(ccc3ccccc23)N1. The predicted molar refractivity (Wildman–Crippen MR) is 92.1 cm³/mol. The zero-order chi connectivity index (χ0) is 16.7. The Hall–Kier alpha value is -3.21. The maximum atomic E-state index is 12.1. The number of nitro groups is 1. The molecule has 1 amide bonds. The summed E-state index contributed by atoms with van der Waals surface area (Å²) >= 11 is 0. The highest BCUT2D eigenvalue weighted by Crippen LogP contribution is 2.41. The Labute approximate surface area is 138 Å². The molecule has 118 valence electrons. The number of hydrogen-bond donors (Lipinski definition) is 1. The van der Waals surface area contributed by atoms with Crippen molar-refractivity contribution in [2.24, 2.45) is 0 Å². The minimum atomic E-state index is -0.406. The van der Waals surface area contributed by atoms with Crippen LogP contribution in [-0.4, -0.2) is 10.8 Å². The second kappa shape index (κ2) is 5.45. The van der Waals surface area contributed by atoms with Crippen molar-refractivity contribution < 1.29 is 9.72 Å². The van der Waals surface area contributed by atoms with Gasteiger partial charge in [0.25, 0.3) is 5.69 Å². The highest BCUT2D eigenvalue weighted by atomic mass is 16.6. The monoisotopic (exact) mass is 318 g/mol. The molecule has 1 heterocycles. The van der Waals surface area contributed by atoms with Crippen molar-refractivity contribution in [1.29, 1.82) is 0 Å². The molecule has 0 unspecified atom stereocenters. The van der Waals surface area contributed by atoms with E-state index in [2.05, 4.69) is 5.32 Å². The van der Waals surface area contributed by atoms with E-state index >= 15 is 0 Å². The summed E-state index contributed by atoms with van der Waals surface area (Å²) in [7, 11) is 0. The molecule has 0 aliphatic carbocycles. The van der Waals surface area contributed by atoms with E-state index in [-0.39, 0.29) is 23.9 Å². The first-order chi connectivity index (χ1) is 11.6. The van der Waals surface area contributed by atoms with E-state index in [1.54, 1.807) is 12.1 Å². The standard InChI is InChI=1S/C19H14N2O3/c22-18-11-16(13-5-3-6-14(10-13)21(23)24)19-15-7-2-1-4-12(15)8-9-17(19)20-18/h1-10,16H,11H2,(H,20,22)/t16-/m1/s1. The highest BCUT2D eigenvalue weighted by Gasteiger charge is 2.29. The van der Waals surface area contributed by atoms with Gasteiger partial charge < -0.3 is 5.32 Å². The van der Waals surface area contributed by atoms with Gasteiger partial charge in [0, 0.05) is 30.2 Å². The fraction of sp³-hybridized carbons (Fsp3) is 0.105. The minimum Gasteiger partial charge on any atom is -0.326 e. The maximum absolute atomic E-state index is 12.1. The molecule has 5 heteroatoms. The summed E-state index contributed by atoms with van der Waals surface area (Å²) in [5, 5.41) is 16.1. The normalized spacial score (nSPS) is 16.5. The van der Waals surface area contributed by atoms with Crippen molar-refractivity contribution >= 4 is 28.1 Å². The second-order valence-electron chi connectivity index (χ2n) is 5.90. The van der Waals surface area contributed by atoms with Gasteiger partial charge in [-0.25, -0.2) is 0 Å². The molecule has 3 aromatic carbocycles. The van der Waals surface area contributed by atoms with Gasteiger partial charge in [-0.15, -0.1) is 0 Å². The number of fused-ring (bicyclic) bond motifs is 3. The van der Waals surface area contributed by atoms with Crippen molar-refractivity contribution in [3.8, 4) is 0 Å². The van der Waals surface area contributed by atoms with Crippen LogP contribution >= 0.6 is 0 Å². The number of nitrogens with one attached hydrogen (secondary N) is 1. The number of rotatable bonds is 2. The van der Waals surface area contributed by atoms with Crippen molar-refractivity contribution in [2.75, 3.05) is 5.32 Å². The first-order valence-electron chi connectivity index (χ1n) is 7.69. The average Bonchev–Trinajstić information content (AvgIpc) is 2.60. The van der Waals surface area contributed by atoms with Crippen molar-refractivity contribution in [2.45, 2.75) is 12.3 Å². The largest absolute Gasteiger partial charge is 0.326 e. The van der Waals surface area contributed by atoms with Crippen LogP contribution in [0.1, 0.15) is 23.5 Å².